The van der Waals surface area contributed by atoms with E-state index in [4.69, 9.17) is 16.7 Å². The molecule has 1 aromatic carbocycles. The first-order valence-corrected chi connectivity index (χ1v) is 6.60. The van der Waals surface area contributed by atoms with Gasteiger partial charge in [-0.1, -0.05) is 28.9 Å². The van der Waals surface area contributed by atoms with Crippen molar-refractivity contribution in [2.24, 2.45) is 0 Å². The molecule has 1 N–H and O–H groups in total. The van der Waals surface area contributed by atoms with Crippen LogP contribution in [0.3, 0.4) is 0 Å². The molecule has 13 heavy (non-hydrogen) atoms. The molecule has 0 aliphatic carbocycles. The number of carboxylic acids is 1. The Morgan fingerprint density at radius 1 is 1.62 bits per heavy atom. The zero-order valence-corrected chi connectivity index (χ0v) is 8.82. The Morgan fingerprint density at radius 3 is 2.92 bits per heavy atom. The van der Waals surface area contributed by atoms with Crippen molar-refractivity contribution in [2.75, 3.05) is 0 Å². The van der Waals surface area contributed by atoms with Gasteiger partial charge in [-0.3, -0.25) is 4.79 Å². The number of hydrogen-bond acceptors (Lipinski definition) is 1. The van der Waals surface area contributed by atoms with Gasteiger partial charge in [-0.25, -0.2) is 0 Å². The molecule has 0 aromatic heterocycles. The van der Waals surface area contributed by atoms with Gasteiger partial charge in [0.15, 0.2) is 0 Å². The second-order valence-corrected chi connectivity index (χ2v) is 6.93. The lowest BCUT2D eigenvalue weighted by atomic mass is 10.4. The van der Waals surface area contributed by atoms with E-state index in [2.05, 4.69) is 0 Å². The fourth-order valence-corrected chi connectivity index (χ4v) is 4.71. The van der Waals surface area contributed by atoms with Crippen LogP contribution in [0.1, 0.15) is 0 Å². The SMILES string of the molecule is O=C(O)[C@H]1C[Si@@H]1c1cccc(Cl)c1. The molecule has 1 heterocycles. The van der Waals surface area contributed by atoms with Crippen LogP contribution in [0.2, 0.25) is 16.6 Å². The first-order valence-electron chi connectivity index (χ1n) is 4.17. The number of aliphatic carboxylic acids is 1. The van der Waals surface area contributed by atoms with E-state index < -0.39 is 14.8 Å². The summed E-state index contributed by atoms with van der Waals surface area (Å²) in [6.45, 7) is 0. The van der Waals surface area contributed by atoms with Gasteiger partial charge in [0.1, 0.15) is 0 Å². The van der Waals surface area contributed by atoms with E-state index in [1.54, 1.807) is 0 Å². The van der Waals surface area contributed by atoms with Crippen molar-refractivity contribution in [3.05, 3.63) is 29.3 Å². The van der Waals surface area contributed by atoms with E-state index in [0.29, 0.717) is 5.02 Å². The van der Waals surface area contributed by atoms with Gasteiger partial charge in [-0.15, -0.1) is 0 Å². The lowest BCUT2D eigenvalue weighted by molar-refractivity contribution is -0.135. The smallest absolute Gasteiger partial charge is 0.303 e. The van der Waals surface area contributed by atoms with Crippen molar-refractivity contribution < 1.29 is 9.90 Å². The van der Waals surface area contributed by atoms with E-state index in [9.17, 15) is 4.79 Å². The summed E-state index contributed by atoms with van der Waals surface area (Å²) in [4.78, 5) is 10.6. The van der Waals surface area contributed by atoms with Crippen molar-refractivity contribution >= 4 is 31.6 Å². The molecule has 0 radical (unpaired) electrons. The summed E-state index contributed by atoms with van der Waals surface area (Å²) in [6.07, 6.45) is 0. The molecule has 68 valence electrons. The van der Waals surface area contributed by atoms with Crippen molar-refractivity contribution in [1.82, 2.24) is 0 Å². The molecule has 4 heteroatoms. The summed E-state index contributed by atoms with van der Waals surface area (Å²) in [5.41, 5.74) is -0.0570. The van der Waals surface area contributed by atoms with Crippen LogP contribution < -0.4 is 5.19 Å². The van der Waals surface area contributed by atoms with Crippen LogP contribution in [-0.4, -0.2) is 19.9 Å². The second-order valence-electron chi connectivity index (χ2n) is 3.34. The fourth-order valence-electron chi connectivity index (χ4n) is 1.57. The molecular weight excluding hydrogens is 204 g/mol. The molecule has 2 rings (SSSR count). The molecule has 2 atom stereocenters. The Bertz CT molecular complexity index is 353. The average molecular weight is 213 g/mol. The highest BCUT2D eigenvalue weighted by Crippen LogP contribution is 2.37. The highest BCUT2D eigenvalue weighted by molar-refractivity contribution is 6.87. The predicted octanol–water partition coefficient (Wildman–Crippen LogP) is 1.24. The molecular formula is C9H9ClO2Si. The third-order valence-electron chi connectivity index (χ3n) is 2.38. The Kier molecular flexibility index (Phi) is 2.13. The molecule has 0 bridgehead atoms. The fraction of sp³-hybridized carbons (Fsp3) is 0.222. The maximum absolute atomic E-state index is 10.6. The summed E-state index contributed by atoms with van der Waals surface area (Å²) in [5.74, 6) is -0.642. The van der Waals surface area contributed by atoms with Gasteiger partial charge in [0.2, 0.25) is 0 Å². The highest BCUT2D eigenvalue weighted by atomic mass is 35.5. The summed E-state index contributed by atoms with van der Waals surface area (Å²) < 4.78 is 0. The third-order valence-corrected chi connectivity index (χ3v) is 5.70. The minimum atomic E-state index is -1.16. The van der Waals surface area contributed by atoms with Crippen LogP contribution in [0.25, 0.3) is 0 Å². The van der Waals surface area contributed by atoms with Gasteiger partial charge < -0.3 is 5.11 Å². The maximum atomic E-state index is 10.6. The normalized spacial score (nSPS) is 25.6. The molecule has 0 amide bonds. The molecule has 1 fully saturated rings. The van der Waals surface area contributed by atoms with E-state index in [1.807, 2.05) is 24.3 Å². The van der Waals surface area contributed by atoms with Crippen LogP contribution in [0.15, 0.2) is 24.3 Å². The Balaban J connectivity index is 2.16. The van der Waals surface area contributed by atoms with Gasteiger partial charge in [-0.2, -0.15) is 0 Å². The molecule has 0 spiro atoms. The monoisotopic (exact) mass is 212 g/mol. The molecule has 0 saturated carbocycles. The van der Waals surface area contributed by atoms with Gasteiger partial charge in [0.25, 0.3) is 0 Å². The second kappa shape index (κ2) is 3.16. The molecule has 1 aliphatic rings. The first-order chi connectivity index (χ1) is 6.18. The van der Waals surface area contributed by atoms with Crippen LogP contribution >= 0.6 is 11.6 Å². The number of hydrogen-bond donors (Lipinski definition) is 1. The van der Waals surface area contributed by atoms with Crippen molar-refractivity contribution in [3.63, 3.8) is 0 Å². The van der Waals surface area contributed by atoms with E-state index in [0.717, 1.165) is 6.04 Å². The highest BCUT2D eigenvalue weighted by Gasteiger charge is 2.45. The first kappa shape index (κ1) is 8.78. The minimum Gasteiger partial charge on any atom is -0.481 e. The standard InChI is InChI=1S/C9H9ClO2Si/c10-6-2-1-3-7(4-6)13-5-8(13)9(11)12/h1-4,8,13H,5H2,(H,11,12)/t8-,13-/m1/s1. The number of rotatable bonds is 2. The topological polar surface area (TPSA) is 37.3 Å². The van der Waals surface area contributed by atoms with Crippen LogP contribution in [-0.2, 0) is 4.79 Å². The molecule has 1 aliphatic heterocycles. The zero-order valence-electron chi connectivity index (χ0n) is 6.90. The minimum absolute atomic E-state index is 0.0570. The van der Waals surface area contributed by atoms with Crippen LogP contribution in [0.4, 0.5) is 0 Å². The summed E-state index contributed by atoms with van der Waals surface area (Å²) in [6, 6.07) is 8.49. The number of halogens is 1. The zero-order chi connectivity index (χ0) is 9.42. The summed E-state index contributed by atoms with van der Waals surface area (Å²) in [5, 5.41) is 10.6. The summed E-state index contributed by atoms with van der Waals surface area (Å²) in [7, 11) is -1.16. The van der Waals surface area contributed by atoms with Crippen molar-refractivity contribution in [2.45, 2.75) is 11.6 Å². The van der Waals surface area contributed by atoms with Gasteiger partial charge in [0, 0.05) is 5.02 Å². The number of benzene rings is 1. The molecule has 1 aromatic rings. The molecule has 2 nitrogen and oxygen atoms in total. The maximum Gasteiger partial charge on any atom is 0.303 e. The molecule has 0 unspecified atom stereocenters. The van der Waals surface area contributed by atoms with Gasteiger partial charge >= 0.3 is 5.97 Å². The van der Waals surface area contributed by atoms with Crippen LogP contribution in [0.5, 0.6) is 0 Å². The van der Waals surface area contributed by atoms with E-state index >= 15 is 0 Å². The lowest BCUT2D eigenvalue weighted by Crippen LogP contribution is -2.18. The number of carboxylic acid groups (broad SMARTS) is 1. The largest absolute Gasteiger partial charge is 0.481 e. The Labute approximate surface area is 82.8 Å². The lowest BCUT2D eigenvalue weighted by Gasteiger charge is -1.97. The Morgan fingerprint density at radius 2 is 2.38 bits per heavy atom. The van der Waals surface area contributed by atoms with E-state index in [1.165, 1.54) is 5.19 Å². The van der Waals surface area contributed by atoms with Gasteiger partial charge in [-0.05, 0) is 18.2 Å². The summed E-state index contributed by atoms with van der Waals surface area (Å²) >= 11 is 5.82. The van der Waals surface area contributed by atoms with Gasteiger partial charge in [0.05, 0.1) is 14.3 Å². The average Bonchev–Trinajstić information content (AvgIpc) is 2.82. The van der Waals surface area contributed by atoms with Crippen LogP contribution in [0, 0.1) is 0 Å². The quantitative estimate of drug-likeness (QED) is 0.750. The Hall–Kier alpha value is -0.803. The predicted molar refractivity (Wildman–Crippen MR) is 54.4 cm³/mol. The van der Waals surface area contributed by atoms with Crippen molar-refractivity contribution in [3.8, 4) is 0 Å². The van der Waals surface area contributed by atoms with E-state index in [-0.39, 0.29) is 5.54 Å². The van der Waals surface area contributed by atoms with Crippen molar-refractivity contribution in [1.29, 1.82) is 0 Å². The molecule has 1 saturated heterocycles. The third kappa shape index (κ3) is 1.76. The number of carbonyl (C=O) groups is 1.